The zero-order valence-electron chi connectivity index (χ0n) is 15.1. The molecule has 0 radical (unpaired) electrons. The Balaban J connectivity index is 1.58. The summed E-state index contributed by atoms with van der Waals surface area (Å²) in [4.78, 5) is 15.2. The van der Waals surface area contributed by atoms with Crippen LogP contribution in [0.1, 0.15) is 23.6 Å². The minimum atomic E-state index is -0.111. The molecule has 1 fully saturated rings. The molecule has 3 nitrogen and oxygen atoms in total. The van der Waals surface area contributed by atoms with E-state index in [1.807, 2.05) is 68.5 Å². The van der Waals surface area contributed by atoms with E-state index in [0.29, 0.717) is 15.8 Å². The Kier molecular flexibility index (Phi) is 4.89. The smallest absolute Gasteiger partial charge is 0.266 e. The molecule has 0 N–H and O–H groups in total. The van der Waals surface area contributed by atoms with Gasteiger partial charge in [-0.2, -0.15) is 0 Å². The van der Waals surface area contributed by atoms with Gasteiger partial charge < -0.3 is 4.74 Å². The first-order valence-electron chi connectivity index (χ1n) is 8.79. The van der Waals surface area contributed by atoms with Crippen molar-refractivity contribution in [1.82, 2.24) is 4.90 Å². The molecule has 4 rings (SSSR count). The lowest BCUT2D eigenvalue weighted by molar-refractivity contribution is -0.122. The van der Waals surface area contributed by atoms with E-state index in [1.165, 1.54) is 17.3 Å². The Labute approximate surface area is 168 Å². The fourth-order valence-electron chi connectivity index (χ4n) is 3.09. The molecule has 0 aliphatic carbocycles. The fourth-order valence-corrected chi connectivity index (χ4v) is 4.34. The summed E-state index contributed by atoms with van der Waals surface area (Å²) in [5.74, 6) is 0.826. The molecular weight excluding hydrogens is 374 g/mol. The third kappa shape index (κ3) is 3.70. The highest BCUT2D eigenvalue weighted by molar-refractivity contribution is 8.26. The second-order valence-corrected chi connectivity index (χ2v) is 8.37. The standard InChI is InChI=1S/C22H19NO2S2/c1-14-7-9-16(10-8-14)13-23-21(24)20(27-22(23)26)12-18-11-17-5-3-4-6-19(17)25-15(18)2/h3-12,15H,13H2,1-2H3/b20-12-/t15-/m0/s1. The predicted molar refractivity (Wildman–Crippen MR) is 115 cm³/mol. The molecule has 2 heterocycles. The van der Waals surface area contributed by atoms with Crippen molar-refractivity contribution in [3.8, 4) is 5.75 Å². The van der Waals surface area contributed by atoms with Gasteiger partial charge in [-0.1, -0.05) is 72.0 Å². The number of nitrogens with zero attached hydrogens (tertiary/aromatic N) is 1. The number of fused-ring (bicyclic) bond motifs is 1. The zero-order valence-corrected chi connectivity index (χ0v) is 16.8. The van der Waals surface area contributed by atoms with E-state index in [2.05, 4.69) is 6.08 Å². The van der Waals surface area contributed by atoms with Crippen LogP contribution >= 0.6 is 24.0 Å². The quantitative estimate of drug-likeness (QED) is 0.536. The number of ether oxygens (including phenoxy) is 1. The number of carbonyl (C=O) groups is 1. The summed E-state index contributed by atoms with van der Waals surface area (Å²) in [7, 11) is 0. The number of carbonyl (C=O) groups excluding carboxylic acids is 1. The summed E-state index contributed by atoms with van der Waals surface area (Å²) in [6.07, 6.45) is 3.88. The molecule has 2 aliphatic rings. The molecule has 0 unspecified atom stereocenters. The third-order valence-corrected chi connectivity index (χ3v) is 6.02. The molecule has 2 aliphatic heterocycles. The molecule has 0 aromatic heterocycles. The summed E-state index contributed by atoms with van der Waals surface area (Å²) in [5.41, 5.74) is 4.27. The maximum Gasteiger partial charge on any atom is 0.266 e. The van der Waals surface area contributed by atoms with Crippen molar-refractivity contribution in [3.63, 3.8) is 0 Å². The van der Waals surface area contributed by atoms with Crippen molar-refractivity contribution in [2.75, 3.05) is 0 Å². The number of amides is 1. The lowest BCUT2D eigenvalue weighted by Gasteiger charge is -2.23. The maximum absolute atomic E-state index is 12.9. The molecular formula is C22H19NO2S2. The van der Waals surface area contributed by atoms with Crippen LogP contribution in [0, 0.1) is 6.92 Å². The summed E-state index contributed by atoms with van der Waals surface area (Å²) in [6.45, 7) is 4.53. The van der Waals surface area contributed by atoms with Crippen LogP contribution in [0.15, 0.2) is 65.1 Å². The molecule has 0 saturated carbocycles. The summed E-state index contributed by atoms with van der Waals surface area (Å²) >= 11 is 6.81. The zero-order chi connectivity index (χ0) is 19.0. The molecule has 2 aromatic rings. The van der Waals surface area contributed by atoms with Crippen molar-refractivity contribution in [2.24, 2.45) is 0 Å². The molecule has 1 saturated heterocycles. The summed E-state index contributed by atoms with van der Waals surface area (Å²) in [5, 5.41) is 0. The van der Waals surface area contributed by atoms with Crippen LogP contribution in [0.25, 0.3) is 6.08 Å². The van der Waals surface area contributed by atoms with Gasteiger partial charge in [-0.3, -0.25) is 9.69 Å². The Morgan fingerprint density at radius 3 is 2.70 bits per heavy atom. The molecule has 27 heavy (non-hydrogen) atoms. The van der Waals surface area contributed by atoms with Gasteiger partial charge >= 0.3 is 0 Å². The number of hydrogen-bond donors (Lipinski definition) is 0. The minimum Gasteiger partial charge on any atom is -0.485 e. The molecule has 1 atom stereocenters. The first kappa shape index (κ1) is 18.0. The van der Waals surface area contributed by atoms with Gasteiger partial charge in [0.1, 0.15) is 16.2 Å². The highest BCUT2D eigenvalue weighted by Crippen LogP contribution is 2.36. The number of rotatable bonds is 3. The van der Waals surface area contributed by atoms with Gasteiger partial charge in [0.2, 0.25) is 0 Å². The van der Waals surface area contributed by atoms with Crippen molar-refractivity contribution in [2.45, 2.75) is 26.5 Å². The normalized spacial score (nSPS) is 20.5. The van der Waals surface area contributed by atoms with Crippen molar-refractivity contribution in [1.29, 1.82) is 0 Å². The SMILES string of the molecule is Cc1ccc(CN2C(=O)/C(=C/C3=Cc4ccccc4O[C@H]3C)SC2=S)cc1. The third-order valence-electron chi connectivity index (χ3n) is 4.65. The second kappa shape index (κ2) is 7.33. The molecule has 2 aromatic carbocycles. The van der Waals surface area contributed by atoms with Crippen molar-refractivity contribution in [3.05, 3.63) is 81.8 Å². The van der Waals surface area contributed by atoms with Crippen molar-refractivity contribution >= 4 is 40.3 Å². The van der Waals surface area contributed by atoms with E-state index >= 15 is 0 Å². The van der Waals surface area contributed by atoms with Crippen LogP contribution in [0.4, 0.5) is 0 Å². The van der Waals surface area contributed by atoms with Crippen LogP contribution in [-0.2, 0) is 11.3 Å². The Morgan fingerprint density at radius 2 is 1.93 bits per heavy atom. The monoisotopic (exact) mass is 393 g/mol. The largest absolute Gasteiger partial charge is 0.485 e. The Hall–Kier alpha value is -2.37. The number of aryl methyl sites for hydroxylation is 1. The van der Waals surface area contributed by atoms with Gasteiger partial charge in [-0.25, -0.2) is 0 Å². The van der Waals surface area contributed by atoms with Crippen LogP contribution in [0.5, 0.6) is 5.75 Å². The topological polar surface area (TPSA) is 29.5 Å². The fraction of sp³-hybridized carbons (Fsp3) is 0.182. The van der Waals surface area contributed by atoms with E-state index < -0.39 is 0 Å². The van der Waals surface area contributed by atoms with Gasteiger partial charge in [0, 0.05) is 5.56 Å². The molecule has 0 bridgehead atoms. The van der Waals surface area contributed by atoms with Gasteiger partial charge in [0.05, 0.1) is 11.4 Å². The average molecular weight is 394 g/mol. The second-order valence-electron chi connectivity index (χ2n) is 6.70. The highest BCUT2D eigenvalue weighted by Gasteiger charge is 2.33. The van der Waals surface area contributed by atoms with E-state index in [1.54, 1.807) is 4.90 Å². The van der Waals surface area contributed by atoms with Crippen LogP contribution in [0.3, 0.4) is 0 Å². The number of para-hydroxylation sites is 1. The van der Waals surface area contributed by atoms with Gasteiger partial charge in [0.25, 0.3) is 5.91 Å². The molecule has 136 valence electrons. The van der Waals surface area contributed by atoms with E-state index in [4.69, 9.17) is 17.0 Å². The van der Waals surface area contributed by atoms with Gasteiger partial charge in [-0.15, -0.1) is 0 Å². The minimum absolute atomic E-state index is 0.0440. The molecule has 5 heteroatoms. The number of hydrogen-bond acceptors (Lipinski definition) is 4. The van der Waals surface area contributed by atoms with E-state index in [9.17, 15) is 4.79 Å². The van der Waals surface area contributed by atoms with Crippen molar-refractivity contribution < 1.29 is 9.53 Å². The number of thioether (sulfide) groups is 1. The Bertz CT molecular complexity index is 976. The van der Waals surface area contributed by atoms with E-state index in [0.717, 1.165) is 22.4 Å². The average Bonchev–Trinajstić information content (AvgIpc) is 2.91. The number of thiocarbonyl (C=S) groups is 1. The van der Waals surface area contributed by atoms with Crippen LogP contribution in [0.2, 0.25) is 0 Å². The van der Waals surface area contributed by atoms with Crippen LogP contribution < -0.4 is 4.74 Å². The molecule has 0 spiro atoms. The van der Waals surface area contributed by atoms with Gasteiger partial charge in [0.15, 0.2) is 0 Å². The van der Waals surface area contributed by atoms with Gasteiger partial charge in [-0.05, 0) is 43.2 Å². The first-order valence-corrected chi connectivity index (χ1v) is 10.0. The molecule has 1 amide bonds. The maximum atomic E-state index is 12.9. The first-order chi connectivity index (χ1) is 13.0. The lowest BCUT2D eigenvalue weighted by atomic mass is 10.0. The highest BCUT2D eigenvalue weighted by atomic mass is 32.2. The lowest BCUT2D eigenvalue weighted by Crippen LogP contribution is -2.27. The predicted octanol–water partition coefficient (Wildman–Crippen LogP) is 5.10. The van der Waals surface area contributed by atoms with Crippen LogP contribution in [-0.4, -0.2) is 21.2 Å². The van der Waals surface area contributed by atoms with E-state index in [-0.39, 0.29) is 12.0 Å². The summed E-state index contributed by atoms with van der Waals surface area (Å²) < 4.78 is 6.57. The Morgan fingerprint density at radius 1 is 1.19 bits per heavy atom. The summed E-state index contributed by atoms with van der Waals surface area (Å²) in [6, 6.07) is 16.1. The number of benzene rings is 2.